The molecule has 0 saturated heterocycles. The Bertz CT molecular complexity index is 331. The zero-order valence-corrected chi connectivity index (χ0v) is 10.8. The molecule has 16 heavy (non-hydrogen) atoms. The molecule has 5 nitrogen and oxygen atoms in total. The van der Waals surface area contributed by atoms with Crippen LogP contribution in [0.15, 0.2) is 6.20 Å². The summed E-state index contributed by atoms with van der Waals surface area (Å²) in [6, 6.07) is 0.395. The minimum atomic E-state index is 0.395. The molecule has 1 aromatic heterocycles. The summed E-state index contributed by atoms with van der Waals surface area (Å²) in [7, 11) is 0. The van der Waals surface area contributed by atoms with Crippen LogP contribution in [0.25, 0.3) is 0 Å². The predicted octanol–water partition coefficient (Wildman–Crippen LogP) is 1.62. The maximum absolute atomic E-state index is 5.27. The van der Waals surface area contributed by atoms with Crippen molar-refractivity contribution in [1.29, 1.82) is 0 Å². The molecule has 1 heterocycles. The number of hydrazine groups is 1. The van der Waals surface area contributed by atoms with Gasteiger partial charge >= 0.3 is 0 Å². The van der Waals surface area contributed by atoms with Crippen LogP contribution in [0, 0.1) is 6.92 Å². The van der Waals surface area contributed by atoms with Gasteiger partial charge < -0.3 is 5.32 Å². The second-order valence-corrected chi connectivity index (χ2v) is 4.68. The Morgan fingerprint density at radius 1 is 1.56 bits per heavy atom. The van der Waals surface area contributed by atoms with Crippen molar-refractivity contribution in [2.24, 2.45) is 5.84 Å². The highest BCUT2D eigenvalue weighted by molar-refractivity contribution is 7.98. The first kappa shape index (κ1) is 13.1. The minimum absolute atomic E-state index is 0.395. The molecular formula is C10H19N5S. The average Bonchev–Trinajstić information content (AvgIpc) is 2.29. The molecule has 0 spiro atoms. The van der Waals surface area contributed by atoms with Crippen LogP contribution in [0.1, 0.15) is 18.9 Å². The lowest BCUT2D eigenvalue weighted by Gasteiger charge is -2.15. The molecule has 1 atom stereocenters. The van der Waals surface area contributed by atoms with Gasteiger partial charge in [0.1, 0.15) is 5.82 Å². The van der Waals surface area contributed by atoms with Crippen molar-refractivity contribution in [3.63, 3.8) is 0 Å². The standard InChI is InChI=1S/C10H19N5S/c1-7-6-12-10(15-11)14-9(7)13-8(2)4-5-16-3/h6,8H,4-5,11H2,1-3H3,(H2,12,13,14,15). The van der Waals surface area contributed by atoms with E-state index in [2.05, 4.69) is 33.9 Å². The van der Waals surface area contributed by atoms with E-state index in [0.717, 1.165) is 23.6 Å². The van der Waals surface area contributed by atoms with E-state index in [9.17, 15) is 0 Å². The van der Waals surface area contributed by atoms with Gasteiger partial charge in [0, 0.05) is 17.8 Å². The normalized spacial score (nSPS) is 12.2. The molecule has 6 heteroatoms. The summed E-state index contributed by atoms with van der Waals surface area (Å²) in [5, 5.41) is 3.36. The van der Waals surface area contributed by atoms with Gasteiger partial charge in [-0.15, -0.1) is 0 Å². The van der Waals surface area contributed by atoms with E-state index in [1.54, 1.807) is 6.20 Å². The third-order valence-corrected chi connectivity index (χ3v) is 2.88. The fraction of sp³-hybridized carbons (Fsp3) is 0.600. The molecule has 0 bridgehead atoms. The van der Waals surface area contributed by atoms with Gasteiger partial charge in [-0.2, -0.15) is 16.7 Å². The molecule has 90 valence electrons. The van der Waals surface area contributed by atoms with E-state index in [1.807, 2.05) is 18.7 Å². The van der Waals surface area contributed by atoms with Crippen LogP contribution < -0.4 is 16.6 Å². The number of nitrogens with zero attached hydrogens (tertiary/aromatic N) is 2. The Balaban J connectivity index is 2.64. The van der Waals surface area contributed by atoms with E-state index >= 15 is 0 Å². The Morgan fingerprint density at radius 3 is 2.94 bits per heavy atom. The number of nitrogen functional groups attached to an aromatic ring is 1. The minimum Gasteiger partial charge on any atom is -0.367 e. The zero-order chi connectivity index (χ0) is 12.0. The van der Waals surface area contributed by atoms with Crippen molar-refractivity contribution >= 4 is 23.5 Å². The SMILES string of the molecule is CSCCC(C)Nc1nc(NN)ncc1C. The van der Waals surface area contributed by atoms with Crippen molar-refractivity contribution < 1.29 is 0 Å². The molecule has 1 rings (SSSR count). The van der Waals surface area contributed by atoms with E-state index in [-0.39, 0.29) is 0 Å². The first-order valence-electron chi connectivity index (χ1n) is 5.23. The molecular weight excluding hydrogens is 222 g/mol. The quantitative estimate of drug-likeness (QED) is 0.519. The Kier molecular flexibility index (Phi) is 5.34. The van der Waals surface area contributed by atoms with Crippen molar-refractivity contribution in [1.82, 2.24) is 9.97 Å². The summed E-state index contributed by atoms with van der Waals surface area (Å²) in [5.74, 6) is 7.69. The number of hydrogen-bond donors (Lipinski definition) is 3. The number of nitrogens with two attached hydrogens (primary N) is 1. The molecule has 0 radical (unpaired) electrons. The van der Waals surface area contributed by atoms with Gasteiger partial charge in [-0.3, -0.25) is 5.43 Å². The smallest absolute Gasteiger partial charge is 0.239 e. The van der Waals surface area contributed by atoms with Gasteiger partial charge in [-0.25, -0.2) is 10.8 Å². The highest BCUT2D eigenvalue weighted by atomic mass is 32.2. The fourth-order valence-electron chi connectivity index (χ4n) is 1.26. The summed E-state index contributed by atoms with van der Waals surface area (Å²) in [6.45, 7) is 4.12. The lowest BCUT2D eigenvalue weighted by molar-refractivity contribution is 0.764. The molecule has 0 amide bonds. The van der Waals surface area contributed by atoms with E-state index in [4.69, 9.17) is 5.84 Å². The van der Waals surface area contributed by atoms with Crippen LogP contribution in [-0.4, -0.2) is 28.0 Å². The van der Waals surface area contributed by atoms with Gasteiger partial charge in [-0.05, 0) is 32.3 Å². The van der Waals surface area contributed by atoms with Crippen molar-refractivity contribution in [3.8, 4) is 0 Å². The molecule has 1 aromatic rings. The largest absolute Gasteiger partial charge is 0.367 e. The summed E-state index contributed by atoms with van der Waals surface area (Å²) in [6.07, 6.45) is 4.97. The number of anilines is 2. The summed E-state index contributed by atoms with van der Waals surface area (Å²) >= 11 is 1.85. The number of rotatable bonds is 6. The van der Waals surface area contributed by atoms with Gasteiger partial charge in [-0.1, -0.05) is 0 Å². The van der Waals surface area contributed by atoms with Crippen LogP contribution in [-0.2, 0) is 0 Å². The van der Waals surface area contributed by atoms with E-state index in [0.29, 0.717) is 12.0 Å². The molecule has 0 fully saturated rings. The summed E-state index contributed by atoms with van der Waals surface area (Å²) < 4.78 is 0. The van der Waals surface area contributed by atoms with Gasteiger partial charge in [0.05, 0.1) is 0 Å². The number of nitrogens with one attached hydrogen (secondary N) is 2. The number of hydrogen-bond acceptors (Lipinski definition) is 6. The number of aromatic nitrogens is 2. The third kappa shape index (κ3) is 3.86. The highest BCUT2D eigenvalue weighted by Crippen LogP contribution is 2.14. The van der Waals surface area contributed by atoms with Gasteiger partial charge in [0.25, 0.3) is 0 Å². The van der Waals surface area contributed by atoms with Crippen molar-refractivity contribution in [3.05, 3.63) is 11.8 Å². The Hall–Kier alpha value is -1.01. The topological polar surface area (TPSA) is 75.9 Å². The molecule has 0 aliphatic rings. The lowest BCUT2D eigenvalue weighted by atomic mass is 10.2. The molecule has 0 aliphatic carbocycles. The summed E-state index contributed by atoms with van der Waals surface area (Å²) in [4.78, 5) is 8.31. The van der Waals surface area contributed by atoms with Crippen LogP contribution in [0.2, 0.25) is 0 Å². The van der Waals surface area contributed by atoms with Gasteiger partial charge in [0.15, 0.2) is 0 Å². The highest BCUT2D eigenvalue weighted by Gasteiger charge is 2.06. The summed E-state index contributed by atoms with van der Waals surface area (Å²) in [5.41, 5.74) is 3.47. The maximum Gasteiger partial charge on any atom is 0.239 e. The molecule has 0 saturated carbocycles. The van der Waals surface area contributed by atoms with Crippen LogP contribution >= 0.6 is 11.8 Å². The van der Waals surface area contributed by atoms with Crippen LogP contribution in [0.5, 0.6) is 0 Å². The second kappa shape index (κ2) is 6.55. The van der Waals surface area contributed by atoms with Crippen molar-refractivity contribution in [2.75, 3.05) is 22.8 Å². The molecule has 0 aromatic carbocycles. The Labute approximate surface area is 101 Å². The molecule has 4 N–H and O–H groups in total. The Morgan fingerprint density at radius 2 is 2.31 bits per heavy atom. The first-order chi connectivity index (χ1) is 7.67. The average molecular weight is 241 g/mol. The van der Waals surface area contributed by atoms with E-state index in [1.165, 1.54) is 0 Å². The van der Waals surface area contributed by atoms with E-state index < -0.39 is 0 Å². The molecule has 1 unspecified atom stereocenters. The van der Waals surface area contributed by atoms with Gasteiger partial charge in [0.2, 0.25) is 5.95 Å². The maximum atomic E-state index is 5.27. The third-order valence-electron chi connectivity index (χ3n) is 2.24. The number of thioether (sulfide) groups is 1. The monoisotopic (exact) mass is 241 g/mol. The second-order valence-electron chi connectivity index (χ2n) is 3.70. The predicted molar refractivity (Wildman–Crippen MR) is 70.7 cm³/mol. The fourth-order valence-corrected chi connectivity index (χ4v) is 1.85. The van der Waals surface area contributed by atoms with Crippen LogP contribution in [0.4, 0.5) is 11.8 Å². The zero-order valence-electron chi connectivity index (χ0n) is 9.95. The van der Waals surface area contributed by atoms with Crippen molar-refractivity contribution in [2.45, 2.75) is 26.3 Å². The number of aryl methyl sites for hydroxylation is 1. The molecule has 0 aliphatic heterocycles. The first-order valence-corrected chi connectivity index (χ1v) is 6.62. The van der Waals surface area contributed by atoms with Crippen LogP contribution in [0.3, 0.4) is 0 Å². The lowest BCUT2D eigenvalue weighted by Crippen LogP contribution is -2.19.